The SMILES string of the molecule is NC(=NCCC(=O)Nc1ccc(Br)cc1)N1CCN(c2nccs2)CC1. The number of nitrogens with one attached hydrogen (secondary N) is 1. The van der Waals surface area contributed by atoms with E-state index < -0.39 is 0 Å². The van der Waals surface area contributed by atoms with Crippen LogP contribution < -0.4 is 16.0 Å². The molecule has 2 aromatic rings. The lowest BCUT2D eigenvalue weighted by Crippen LogP contribution is -2.51. The summed E-state index contributed by atoms with van der Waals surface area (Å²) in [5, 5.41) is 5.88. The summed E-state index contributed by atoms with van der Waals surface area (Å²) in [4.78, 5) is 25.0. The number of piperazine rings is 1. The zero-order valence-corrected chi connectivity index (χ0v) is 16.7. The lowest BCUT2D eigenvalue weighted by molar-refractivity contribution is -0.116. The molecule has 0 aliphatic carbocycles. The number of anilines is 2. The number of benzene rings is 1. The van der Waals surface area contributed by atoms with Crippen LogP contribution in [0.1, 0.15) is 6.42 Å². The Bertz CT molecular complexity index is 741. The second-order valence-corrected chi connectivity index (χ2v) is 7.62. The third-order valence-electron chi connectivity index (χ3n) is 4.03. The molecule has 1 amide bonds. The summed E-state index contributed by atoms with van der Waals surface area (Å²) in [5.74, 6) is 0.428. The number of carbonyl (C=O) groups excluding carboxylic acids is 1. The molecule has 1 aromatic carbocycles. The summed E-state index contributed by atoms with van der Waals surface area (Å²) in [7, 11) is 0. The number of aromatic nitrogens is 1. The van der Waals surface area contributed by atoms with Gasteiger partial charge >= 0.3 is 0 Å². The molecule has 0 radical (unpaired) electrons. The molecule has 2 heterocycles. The Labute approximate surface area is 165 Å². The maximum Gasteiger partial charge on any atom is 0.226 e. The summed E-state index contributed by atoms with van der Waals surface area (Å²) < 4.78 is 0.975. The van der Waals surface area contributed by atoms with Gasteiger partial charge in [0.1, 0.15) is 0 Å². The largest absolute Gasteiger partial charge is 0.370 e. The van der Waals surface area contributed by atoms with Gasteiger partial charge in [-0.05, 0) is 24.3 Å². The van der Waals surface area contributed by atoms with Crippen molar-refractivity contribution in [1.82, 2.24) is 9.88 Å². The zero-order valence-electron chi connectivity index (χ0n) is 14.3. The van der Waals surface area contributed by atoms with Crippen LogP contribution >= 0.6 is 27.3 Å². The normalized spacial score (nSPS) is 15.2. The van der Waals surface area contributed by atoms with E-state index in [4.69, 9.17) is 5.73 Å². The minimum atomic E-state index is -0.0718. The second-order valence-electron chi connectivity index (χ2n) is 5.83. The van der Waals surface area contributed by atoms with E-state index in [9.17, 15) is 4.79 Å². The first-order valence-corrected chi connectivity index (χ1v) is 10.0. The van der Waals surface area contributed by atoms with E-state index >= 15 is 0 Å². The van der Waals surface area contributed by atoms with Gasteiger partial charge in [0.25, 0.3) is 0 Å². The van der Waals surface area contributed by atoms with E-state index in [0.717, 1.165) is 41.5 Å². The van der Waals surface area contributed by atoms with Gasteiger partial charge in [0.05, 0.1) is 6.54 Å². The molecule has 138 valence electrons. The molecule has 1 fully saturated rings. The number of hydrogen-bond donors (Lipinski definition) is 2. The van der Waals surface area contributed by atoms with Crippen molar-refractivity contribution < 1.29 is 4.79 Å². The van der Waals surface area contributed by atoms with Gasteiger partial charge in [0.15, 0.2) is 11.1 Å². The Hall–Kier alpha value is -2.13. The first-order chi connectivity index (χ1) is 12.6. The van der Waals surface area contributed by atoms with E-state index in [1.165, 1.54) is 0 Å². The van der Waals surface area contributed by atoms with E-state index in [1.807, 2.05) is 35.8 Å². The van der Waals surface area contributed by atoms with Crippen LogP contribution in [0.2, 0.25) is 0 Å². The first kappa shape index (κ1) is 18.7. The fourth-order valence-corrected chi connectivity index (χ4v) is 3.59. The lowest BCUT2D eigenvalue weighted by atomic mass is 10.3. The highest BCUT2D eigenvalue weighted by Gasteiger charge is 2.19. The summed E-state index contributed by atoms with van der Waals surface area (Å²) in [6, 6.07) is 7.47. The van der Waals surface area contributed by atoms with Crippen molar-refractivity contribution in [3.63, 3.8) is 0 Å². The van der Waals surface area contributed by atoms with Crippen LogP contribution in [0.4, 0.5) is 10.8 Å². The molecule has 9 heteroatoms. The standard InChI is InChI=1S/C17H21BrN6OS/c18-13-1-3-14(4-2-13)22-15(25)5-6-20-16(19)23-8-10-24(11-9-23)17-21-7-12-26-17/h1-4,7,12H,5-6,8-11H2,(H2,19,20)(H,22,25). The van der Waals surface area contributed by atoms with E-state index in [1.54, 1.807) is 11.3 Å². The average molecular weight is 437 g/mol. The Morgan fingerprint density at radius 2 is 2.00 bits per heavy atom. The molecule has 0 saturated carbocycles. The fraction of sp³-hybridized carbons (Fsp3) is 0.353. The van der Waals surface area contributed by atoms with Crippen molar-refractivity contribution in [1.29, 1.82) is 0 Å². The molecule has 1 aliphatic heterocycles. The Kier molecular flexibility index (Phi) is 6.45. The molecule has 0 spiro atoms. The quantitative estimate of drug-likeness (QED) is 0.554. The van der Waals surface area contributed by atoms with Gasteiger partial charge in [-0.2, -0.15) is 0 Å². The lowest BCUT2D eigenvalue weighted by Gasteiger charge is -2.35. The number of carbonyl (C=O) groups is 1. The van der Waals surface area contributed by atoms with Crippen molar-refractivity contribution in [3.8, 4) is 0 Å². The predicted octanol–water partition coefficient (Wildman–Crippen LogP) is 2.37. The minimum Gasteiger partial charge on any atom is -0.370 e. The zero-order chi connectivity index (χ0) is 18.4. The van der Waals surface area contributed by atoms with E-state index in [-0.39, 0.29) is 5.91 Å². The van der Waals surface area contributed by atoms with E-state index in [2.05, 4.69) is 41.0 Å². The molecule has 0 bridgehead atoms. The number of rotatable bonds is 5. The molecule has 3 rings (SSSR count). The third-order valence-corrected chi connectivity index (χ3v) is 5.40. The van der Waals surface area contributed by atoms with Gasteiger partial charge in [-0.25, -0.2) is 4.98 Å². The first-order valence-electron chi connectivity index (χ1n) is 8.36. The van der Waals surface area contributed by atoms with E-state index in [0.29, 0.717) is 18.9 Å². The Morgan fingerprint density at radius 1 is 1.27 bits per heavy atom. The molecule has 1 aromatic heterocycles. The summed E-state index contributed by atoms with van der Waals surface area (Å²) >= 11 is 5.01. The number of amides is 1. The molecule has 3 N–H and O–H groups in total. The van der Waals surface area contributed by atoms with Crippen LogP contribution in [0.3, 0.4) is 0 Å². The predicted molar refractivity (Wildman–Crippen MR) is 110 cm³/mol. The van der Waals surface area contributed by atoms with Crippen molar-refractivity contribution in [3.05, 3.63) is 40.3 Å². The van der Waals surface area contributed by atoms with Gasteiger partial charge < -0.3 is 20.9 Å². The smallest absolute Gasteiger partial charge is 0.226 e. The van der Waals surface area contributed by atoms with Gasteiger partial charge in [-0.15, -0.1) is 11.3 Å². The number of guanidine groups is 1. The number of hydrogen-bond acceptors (Lipinski definition) is 5. The summed E-state index contributed by atoms with van der Waals surface area (Å²) in [6.07, 6.45) is 2.12. The molecule has 1 aliphatic rings. The third kappa shape index (κ3) is 5.18. The van der Waals surface area contributed by atoms with Crippen LogP contribution in [-0.2, 0) is 4.79 Å². The number of thiazole rings is 1. The molecule has 26 heavy (non-hydrogen) atoms. The molecular formula is C17H21BrN6OS. The highest BCUT2D eigenvalue weighted by atomic mass is 79.9. The Morgan fingerprint density at radius 3 is 2.65 bits per heavy atom. The number of nitrogens with zero attached hydrogens (tertiary/aromatic N) is 4. The topological polar surface area (TPSA) is 86.8 Å². The summed E-state index contributed by atoms with van der Waals surface area (Å²) in [6.45, 7) is 3.72. The molecule has 1 saturated heterocycles. The summed E-state index contributed by atoms with van der Waals surface area (Å²) in [5.41, 5.74) is 6.85. The van der Waals surface area contributed by atoms with Gasteiger partial charge in [-0.1, -0.05) is 15.9 Å². The molecular weight excluding hydrogens is 416 g/mol. The minimum absolute atomic E-state index is 0.0718. The highest BCUT2D eigenvalue weighted by molar-refractivity contribution is 9.10. The van der Waals surface area contributed by atoms with Gasteiger partial charge in [0, 0.05) is 54.3 Å². The highest BCUT2D eigenvalue weighted by Crippen LogP contribution is 2.18. The van der Waals surface area contributed by atoms with Crippen molar-refractivity contribution in [2.45, 2.75) is 6.42 Å². The molecule has 0 unspecified atom stereocenters. The Balaban J connectivity index is 1.41. The van der Waals surface area contributed by atoms with Crippen LogP contribution in [0.15, 0.2) is 45.3 Å². The number of nitrogens with two attached hydrogens (primary N) is 1. The molecule has 7 nitrogen and oxygen atoms in total. The number of aliphatic imine (C=N–C) groups is 1. The maximum atomic E-state index is 12.0. The van der Waals surface area contributed by atoms with Gasteiger partial charge in [-0.3, -0.25) is 9.79 Å². The number of halogens is 1. The fourth-order valence-electron chi connectivity index (χ4n) is 2.63. The van der Waals surface area contributed by atoms with Crippen molar-refractivity contribution in [2.24, 2.45) is 10.7 Å². The van der Waals surface area contributed by atoms with Crippen LogP contribution in [0, 0.1) is 0 Å². The van der Waals surface area contributed by atoms with Crippen LogP contribution in [0.5, 0.6) is 0 Å². The van der Waals surface area contributed by atoms with Gasteiger partial charge in [0.2, 0.25) is 5.91 Å². The van der Waals surface area contributed by atoms with Crippen LogP contribution in [0.25, 0.3) is 0 Å². The van der Waals surface area contributed by atoms with Crippen molar-refractivity contribution >= 4 is 50.0 Å². The molecule has 0 atom stereocenters. The monoisotopic (exact) mass is 436 g/mol. The average Bonchev–Trinajstić information content (AvgIpc) is 3.18. The second kappa shape index (κ2) is 9.00. The van der Waals surface area contributed by atoms with Crippen molar-refractivity contribution in [2.75, 3.05) is 42.9 Å². The maximum absolute atomic E-state index is 12.0. The van der Waals surface area contributed by atoms with Crippen LogP contribution in [-0.4, -0.2) is 54.5 Å².